The fraction of sp³-hybridized carbons (Fsp3) is 0.273. The van der Waals surface area contributed by atoms with Gasteiger partial charge in [-0.2, -0.15) is 5.10 Å². The van der Waals surface area contributed by atoms with Crippen molar-refractivity contribution in [2.75, 3.05) is 12.4 Å². The zero-order chi connectivity index (χ0) is 20.3. The molecule has 0 aliphatic rings. The highest BCUT2D eigenvalue weighted by Gasteiger charge is 2.15. The summed E-state index contributed by atoms with van der Waals surface area (Å²) in [6.07, 6.45) is 0.850. The van der Waals surface area contributed by atoms with Crippen molar-refractivity contribution in [2.45, 2.75) is 33.6 Å². The molecule has 5 nitrogen and oxygen atoms in total. The van der Waals surface area contributed by atoms with Crippen LogP contribution in [-0.4, -0.2) is 22.8 Å². The van der Waals surface area contributed by atoms with Gasteiger partial charge in [0.05, 0.1) is 18.5 Å². The quantitative estimate of drug-likeness (QED) is 0.683. The molecule has 146 valence electrons. The second-order valence-electron chi connectivity index (χ2n) is 6.77. The fourth-order valence-electron chi connectivity index (χ4n) is 3.16. The van der Waals surface area contributed by atoms with Gasteiger partial charge < -0.3 is 10.1 Å². The van der Waals surface area contributed by atoms with Crippen LogP contribution in [0.3, 0.4) is 0 Å². The van der Waals surface area contributed by atoms with Crippen molar-refractivity contribution < 1.29 is 13.9 Å². The minimum atomic E-state index is -0.330. The fourth-order valence-corrected chi connectivity index (χ4v) is 3.16. The molecule has 1 heterocycles. The molecule has 3 aromatic rings. The van der Waals surface area contributed by atoms with Crippen LogP contribution in [-0.2, 0) is 11.2 Å². The van der Waals surface area contributed by atoms with E-state index in [1.807, 2.05) is 42.8 Å². The molecule has 0 radical (unpaired) electrons. The first kappa shape index (κ1) is 19.6. The molecule has 28 heavy (non-hydrogen) atoms. The Kier molecular flexibility index (Phi) is 5.78. The number of carbonyl (C=O) groups is 1. The van der Waals surface area contributed by atoms with E-state index < -0.39 is 0 Å². The maximum absolute atomic E-state index is 13.6. The highest BCUT2D eigenvalue weighted by molar-refractivity contribution is 5.90. The van der Waals surface area contributed by atoms with E-state index in [9.17, 15) is 9.18 Å². The molecule has 2 aromatic carbocycles. The number of methoxy groups -OCH3 is 1. The summed E-state index contributed by atoms with van der Waals surface area (Å²) in [7, 11) is 1.63. The molecule has 1 N–H and O–H groups in total. The third-order valence-corrected chi connectivity index (χ3v) is 4.80. The maximum Gasteiger partial charge on any atom is 0.224 e. The standard InChI is InChI=1S/C22H24FN3O2/c1-14-8-9-17(12-21(14)23)24-22(27)11-10-20-15(2)25-26(16(20)3)18-6-5-7-19(13-18)28-4/h5-9,12-13H,10-11H2,1-4H3,(H,24,27). The SMILES string of the molecule is COc1cccc(-n2nc(C)c(CCC(=O)Nc3ccc(C)c(F)c3)c2C)c1. The Hall–Kier alpha value is -3.15. The first-order valence-corrected chi connectivity index (χ1v) is 9.14. The van der Waals surface area contributed by atoms with Gasteiger partial charge in [-0.1, -0.05) is 12.1 Å². The lowest BCUT2D eigenvalue weighted by molar-refractivity contribution is -0.116. The molecule has 1 amide bonds. The molecule has 0 fully saturated rings. The lowest BCUT2D eigenvalue weighted by atomic mass is 10.1. The Balaban J connectivity index is 1.71. The van der Waals surface area contributed by atoms with Gasteiger partial charge in [-0.3, -0.25) is 4.79 Å². The number of carbonyl (C=O) groups excluding carboxylic acids is 1. The Morgan fingerprint density at radius 1 is 1.18 bits per heavy atom. The molecule has 3 rings (SSSR count). The molecular formula is C22H24FN3O2. The molecule has 0 aliphatic heterocycles. The molecule has 6 heteroatoms. The Labute approximate surface area is 164 Å². The van der Waals surface area contributed by atoms with Crippen molar-refractivity contribution in [2.24, 2.45) is 0 Å². The number of aromatic nitrogens is 2. The van der Waals surface area contributed by atoms with Crippen molar-refractivity contribution in [1.82, 2.24) is 9.78 Å². The van der Waals surface area contributed by atoms with Gasteiger partial charge in [0.2, 0.25) is 5.91 Å². The Morgan fingerprint density at radius 2 is 1.96 bits per heavy atom. The van der Waals surface area contributed by atoms with Crippen LogP contribution in [0.15, 0.2) is 42.5 Å². The minimum absolute atomic E-state index is 0.156. The summed E-state index contributed by atoms with van der Waals surface area (Å²) in [6.45, 7) is 5.61. The number of hydrogen-bond acceptors (Lipinski definition) is 3. The van der Waals surface area contributed by atoms with Crippen LogP contribution in [0.25, 0.3) is 5.69 Å². The van der Waals surface area contributed by atoms with E-state index in [1.165, 1.54) is 6.07 Å². The topological polar surface area (TPSA) is 56.2 Å². The summed E-state index contributed by atoms with van der Waals surface area (Å²) < 4.78 is 20.8. The normalized spacial score (nSPS) is 10.8. The highest BCUT2D eigenvalue weighted by atomic mass is 19.1. The first-order valence-electron chi connectivity index (χ1n) is 9.14. The largest absolute Gasteiger partial charge is 0.497 e. The number of rotatable bonds is 6. The molecule has 0 aliphatic carbocycles. The molecule has 0 atom stereocenters. The number of halogens is 1. The average Bonchev–Trinajstić information content (AvgIpc) is 2.97. The molecular weight excluding hydrogens is 357 g/mol. The van der Waals surface area contributed by atoms with Crippen LogP contribution >= 0.6 is 0 Å². The van der Waals surface area contributed by atoms with E-state index in [1.54, 1.807) is 26.2 Å². The van der Waals surface area contributed by atoms with E-state index in [2.05, 4.69) is 10.4 Å². The predicted octanol–water partition coefficient (Wildman–Crippen LogP) is 4.52. The predicted molar refractivity (Wildman–Crippen MR) is 108 cm³/mol. The Morgan fingerprint density at radius 3 is 2.68 bits per heavy atom. The van der Waals surface area contributed by atoms with E-state index in [0.717, 1.165) is 28.4 Å². The van der Waals surface area contributed by atoms with Gasteiger partial charge in [0.15, 0.2) is 0 Å². The van der Waals surface area contributed by atoms with Crippen molar-refractivity contribution in [1.29, 1.82) is 0 Å². The molecule has 1 aromatic heterocycles. The Bertz CT molecular complexity index is 1010. The van der Waals surface area contributed by atoms with Crippen molar-refractivity contribution in [3.8, 4) is 11.4 Å². The monoisotopic (exact) mass is 381 g/mol. The van der Waals surface area contributed by atoms with Gasteiger partial charge >= 0.3 is 0 Å². The van der Waals surface area contributed by atoms with E-state index in [4.69, 9.17) is 4.74 Å². The summed E-state index contributed by atoms with van der Waals surface area (Å²) >= 11 is 0. The van der Waals surface area contributed by atoms with Gasteiger partial charge in [0.1, 0.15) is 11.6 Å². The van der Waals surface area contributed by atoms with E-state index in [0.29, 0.717) is 24.1 Å². The van der Waals surface area contributed by atoms with E-state index >= 15 is 0 Å². The smallest absolute Gasteiger partial charge is 0.224 e. The van der Waals surface area contributed by atoms with Crippen LogP contribution in [0.2, 0.25) is 0 Å². The molecule has 0 saturated heterocycles. The molecule has 0 bridgehead atoms. The highest BCUT2D eigenvalue weighted by Crippen LogP contribution is 2.22. The summed E-state index contributed by atoms with van der Waals surface area (Å²) in [5.41, 5.74) is 4.83. The van der Waals surface area contributed by atoms with Crippen molar-refractivity contribution >= 4 is 11.6 Å². The zero-order valence-corrected chi connectivity index (χ0v) is 16.5. The summed E-state index contributed by atoms with van der Waals surface area (Å²) in [4.78, 5) is 12.3. The number of nitrogens with one attached hydrogen (secondary N) is 1. The third kappa shape index (κ3) is 4.22. The molecule has 0 spiro atoms. The van der Waals surface area contributed by atoms with Crippen LogP contribution < -0.4 is 10.1 Å². The zero-order valence-electron chi connectivity index (χ0n) is 16.5. The van der Waals surface area contributed by atoms with Crippen LogP contribution in [0.4, 0.5) is 10.1 Å². The summed E-state index contributed by atoms with van der Waals surface area (Å²) in [6, 6.07) is 12.4. The van der Waals surface area contributed by atoms with Gasteiger partial charge in [0.25, 0.3) is 0 Å². The van der Waals surface area contributed by atoms with Crippen LogP contribution in [0.1, 0.15) is 28.9 Å². The second-order valence-corrected chi connectivity index (χ2v) is 6.77. The second kappa shape index (κ2) is 8.25. The number of anilines is 1. The van der Waals surface area contributed by atoms with Crippen LogP contribution in [0.5, 0.6) is 5.75 Å². The number of aryl methyl sites for hydroxylation is 2. The van der Waals surface area contributed by atoms with Gasteiger partial charge in [-0.15, -0.1) is 0 Å². The first-order chi connectivity index (χ1) is 13.4. The lowest BCUT2D eigenvalue weighted by Crippen LogP contribution is -2.13. The molecule has 0 saturated carbocycles. The van der Waals surface area contributed by atoms with Gasteiger partial charge in [-0.05, 0) is 62.6 Å². The number of hydrogen-bond donors (Lipinski definition) is 1. The average molecular weight is 381 g/mol. The number of nitrogens with zero attached hydrogens (tertiary/aromatic N) is 2. The summed E-state index contributed by atoms with van der Waals surface area (Å²) in [5.74, 6) is 0.275. The number of ether oxygens (including phenoxy) is 1. The summed E-state index contributed by atoms with van der Waals surface area (Å²) in [5, 5.41) is 7.37. The number of amides is 1. The van der Waals surface area contributed by atoms with Crippen LogP contribution in [0, 0.1) is 26.6 Å². The van der Waals surface area contributed by atoms with Crippen molar-refractivity contribution in [3.05, 3.63) is 70.8 Å². The van der Waals surface area contributed by atoms with Gasteiger partial charge in [0, 0.05) is 23.9 Å². The third-order valence-electron chi connectivity index (χ3n) is 4.80. The van der Waals surface area contributed by atoms with E-state index in [-0.39, 0.29) is 11.7 Å². The lowest BCUT2D eigenvalue weighted by Gasteiger charge is -2.08. The number of benzene rings is 2. The van der Waals surface area contributed by atoms with Crippen molar-refractivity contribution in [3.63, 3.8) is 0 Å². The minimum Gasteiger partial charge on any atom is -0.497 e. The van der Waals surface area contributed by atoms with Gasteiger partial charge in [-0.25, -0.2) is 9.07 Å². The maximum atomic E-state index is 13.6. The molecule has 0 unspecified atom stereocenters.